The lowest BCUT2D eigenvalue weighted by Crippen LogP contribution is -2.62. The normalized spacial score (nSPS) is 19.1. The van der Waals surface area contributed by atoms with E-state index >= 15 is 0 Å². The van der Waals surface area contributed by atoms with E-state index in [4.69, 9.17) is 27.7 Å². The highest BCUT2D eigenvalue weighted by atomic mass is 35.5. The van der Waals surface area contributed by atoms with E-state index in [1.165, 1.54) is 0 Å². The van der Waals surface area contributed by atoms with Gasteiger partial charge >= 0.3 is 0 Å². The van der Waals surface area contributed by atoms with Gasteiger partial charge in [0, 0.05) is 22.7 Å². The third-order valence-electron chi connectivity index (χ3n) is 4.81. The molecule has 27 heavy (non-hydrogen) atoms. The van der Waals surface area contributed by atoms with Crippen molar-refractivity contribution in [2.45, 2.75) is 64.6 Å². The molecule has 2 aromatic rings. The molecule has 0 radical (unpaired) electrons. The molecule has 7 heteroatoms. The molecule has 1 amide bonds. The molecular formula is C20H25Cl2N3O2. The first-order valence-electron chi connectivity index (χ1n) is 9.00. The molecule has 1 aliphatic rings. The molecule has 0 aliphatic carbocycles. The van der Waals surface area contributed by atoms with E-state index in [1.807, 2.05) is 0 Å². The van der Waals surface area contributed by atoms with Gasteiger partial charge in [0.15, 0.2) is 0 Å². The molecule has 146 valence electrons. The Morgan fingerprint density at radius 2 is 1.74 bits per heavy atom. The molecule has 0 bridgehead atoms. The first kappa shape index (κ1) is 20.2. The number of rotatable bonds is 3. The van der Waals surface area contributed by atoms with Gasteiger partial charge < -0.3 is 15.2 Å². The predicted octanol–water partition coefficient (Wildman–Crippen LogP) is 5.00. The Morgan fingerprint density at radius 1 is 1.19 bits per heavy atom. The Labute approximate surface area is 169 Å². The summed E-state index contributed by atoms with van der Waals surface area (Å²) in [5.41, 5.74) is 1.11. The van der Waals surface area contributed by atoms with Crippen LogP contribution in [0.1, 0.15) is 56.7 Å². The average Bonchev–Trinajstić information content (AvgIpc) is 2.85. The second kappa shape index (κ2) is 7.12. The molecule has 5 nitrogen and oxygen atoms in total. The van der Waals surface area contributed by atoms with E-state index in [2.05, 4.69) is 43.5 Å². The van der Waals surface area contributed by atoms with Crippen LogP contribution in [-0.2, 0) is 0 Å². The van der Waals surface area contributed by atoms with Gasteiger partial charge in [0.1, 0.15) is 17.0 Å². The van der Waals surface area contributed by atoms with Crippen LogP contribution in [0.3, 0.4) is 0 Å². The largest absolute Gasteiger partial charge is 0.360 e. The van der Waals surface area contributed by atoms with Gasteiger partial charge in [-0.05, 0) is 59.6 Å². The molecule has 0 saturated carbocycles. The monoisotopic (exact) mass is 409 g/mol. The van der Waals surface area contributed by atoms with Crippen molar-refractivity contribution in [3.63, 3.8) is 0 Å². The molecule has 2 heterocycles. The maximum atomic E-state index is 13.1. The van der Waals surface area contributed by atoms with Crippen LogP contribution in [0, 0.1) is 6.92 Å². The van der Waals surface area contributed by atoms with Crippen molar-refractivity contribution in [3.05, 3.63) is 39.6 Å². The number of carbonyl (C=O) groups excluding carboxylic acids is 1. The number of aryl methyl sites for hydroxylation is 1. The topological polar surface area (TPSA) is 67.2 Å². The Bertz CT molecular complexity index is 838. The number of piperidine rings is 1. The van der Waals surface area contributed by atoms with Gasteiger partial charge in [0.25, 0.3) is 5.91 Å². The summed E-state index contributed by atoms with van der Waals surface area (Å²) < 4.78 is 5.31. The number of amides is 1. The molecular weight excluding hydrogens is 385 g/mol. The zero-order valence-corrected chi connectivity index (χ0v) is 17.8. The molecule has 0 atom stereocenters. The molecule has 2 N–H and O–H groups in total. The lowest BCUT2D eigenvalue weighted by atomic mass is 9.79. The van der Waals surface area contributed by atoms with Crippen LogP contribution in [0.2, 0.25) is 10.0 Å². The summed E-state index contributed by atoms with van der Waals surface area (Å²) in [4.78, 5) is 13.1. The van der Waals surface area contributed by atoms with Crippen molar-refractivity contribution in [3.8, 4) is 11.3 Å². The first-order chi connectivity index (χ1) is 12.5. The minimum absolute atomic E-state index is 0.0348. The van der Waals surface area contributed by atoms with Crippen molar-refractivity contribution < 1.29 is 9.32 Å². The van der Waals surface area contributed by atoms with Gasteiger partial charge in [-0.15, -0.1) is 0 Å². The summed E-state index contributed by atoms with van der Waals surface area (Å²) in [6.45, 7) is 10.3. The van der Waals surface area contributed by atoms with Gasteiger partial charge in [0.05, 0.1) is 10.0 Å². The molecule has 1 saturated heterocycles. The van der Waals surface area contributed by atoms with E-state index in [0.717, 1.165) is 12.8 Å². The smallest absolute Gasteiger partial charge is 0.257 e. The Morgan fingerprint density at radius 3 is 2.30 bits per heavy atom. The van der Waals surface area contributed by atoms with Crippen LogP contribution in [0.25, 0.3) is 11.3 Å². The zero-order valence-electron chi connectivity index (χ0n) is 16.2. The Balaban J connectivity index is 1.92. The van der Waals surface area contributed by atoms with Crippen LogP contribution in [-0.4, -0.2) is 28.2 Å². The summed E-state index contributed by atoms with van der Waals surface area (Å²) in [5.74, 6) is 0.212. The molecule has 1 aliphatic heterocycles. The van der Waals surface area contributed by atoms with Crippen LogP contribution >= 0.6 is 23.2 Å². The van der Waals surface area contributed by atoms with E-state index in [1.54, 1.807) is 25.1 Å². The highest BCUT2D eigenvalue weighted by Gasteiger charge is 2.39. The van der Waals surface area contributed by atoms with E-state index < -0.39 is 0 Å². The molecule has 1 aromatic heterocycles. The summed E-state index contributed by atoms with van der Waals surface area (Å²) >= 11 is 12.6. The summed E-state index contributed by atoms with van der Waals surface area (Å²) in [7, 11) is 0. The number of hydrogen-bond acceptors (Lipinski definition) is 4. The molecule has 1 fully saturated rings. The standard InChI is InChI=1S/C20H25Cl2N3O2/c1-11-15(17(24-27-11)16-13(21)7-6-8-14(16)22)18(26)23-12-9-19(2,3)25-20(4,5)10-12/h6-8,12,25H,9-10H2,1-5H3,(H,23,26). The maximum absolute atomic E-state index is 13.1. The second-order valence-corrected chi connectivity index (χ2v) is 9.34. The van der Waals surface area contributed by atoms with Gasteiger partial charge in [-0.25, -0.2) is 0 Å². The molecule has 1 aromatic carbocycles. The minimum atomic E-state index is -0.224. The minimum Gasteiger partial charge on any atom is -0.360 e. The molecule has 0 spiro atoms. The Kier molecular flexibility index (Phi) is 5.32. The second-order valence-electron chi connectivity index (χ2n) is 8.53. The van der Waals surface area contributed by atoms with E-state index in [9.17, 15) is 4.79 Å². The lowest BCUT2D eigenvalue weighted by Gasteiger charge is -2.46. The SMILES string of the molecule is Cc1onc(-c2c(Cl)cccc2Cl)c1C(=O)NC1CC(C)(C)NC(C)(C)C1. The van der Waals surface area contributed by atoms with Gasteiger partial charge in [0.2, 0.25) is 0 Å². The van der Waals surface area contributed by atoms with E-state index in [0.29, 0.717) is 32.6 Å². The fourth-order valence-corrected chi connectivity index (χ4v) is 4.79. The highest BCUT2D eigenvalue weighted by Crippen LogP contribution is 2.37. The van der Waals surface area contributed by atoms with Crippen molar-refractivity contribution >= 4 is 29.1 Å². The van der Waals surface area contributed by atoms with Crippen LogP contribution in [0.15, 0.2) is 22.7 Å². The number of hydrogen-bond donors (Lipinski definition) is 2. The number of benzene rings is 1. The summed E-state index contributed by atoms with van der Waals surface area (Å²) in [5, 5.41) is 11.7. The third kappa shape index (κ3) is 4.31. The van der Waals surface area contributed by atoms with Crippen molar-refractivity contribution in [2.24, 2.45) is 0 Å². The fraction of sp³-hybridized carbons (Fsp3) is 0.500. The lowest BCUT2D eigenvalue weighted by molar-refractivity contribution is 0.0872. The Hall–Kier alpha value is -1.56. The third-order valence-corrected chi connectivity index (χ3v) is 5.44. The van der Waals surface area contributed by atoms with Crippen molar-refractivity contribution in [2.75, 3.05) is 0 Å². The average molecular weight is 410 g/mol. The number of halogens is 2. The van der Waals surface area contributed by atoms with Crippen molar-refractivity contribution in [1.29, 1.82) is 0 Å². The summed E-state index contributed by atoms with van der Waals surface area (Å²) in [6, 6.07) is 5.21. The van der Waals surface area contributed by atoms with Crippen LogP contribution in [0.5, 0.6) is 0 Å². The fourth-order valence-electron chi connectivity index (χ4n) is 4.22. The first-order valence-corrected chi connectivity index (χ1v) is 9.75. The number of nitrogens with zero attached hydrogens (tertiary/aromatic N) is 1. The van der Waals surface area contributed by atoms with Crippen LogP contribution < -0.4 is 10.6 Å². The quantitative estimate of drug-likeness (QED) is 0.748. The number of aromatic nitrogens is 1. The van der Waals surface area contributed by atoms with E-state index in [-0.39, 0.29) is 23.0 Å². The van der Waals surface area contributed by atoms with Crippen molar-refractivity contribution in [1.82, 2.24) is 15.8 Å². The van der Waals surface area contributed by atoms with Gasteiger partial charge in [-0.1, -0.05) is 34.4 Å². The summed E-state index contributed by atoms with van der Waals surface area (Å²) in [6.07, 6.45) is 1.66. The predicted molar refractivity (Wildman–Crippen MR) is 108 cm³/mol. The zero-order chi connectivity index (χ0) is 20.0. The number of nitrogens with one attached hydrogen (secondary N) is 2. The highest BCUT2D eigenvalue weighted by molar-refractivity contribution is 6.39. The van der Waals surface area contributed by atoms with Gasteiger partial charge in [-0.3, -0.25) is 4.79 Å². The molecule has 0 unspecified atom stereocenters. The maximum Gasteiger partial charge on any atom is 0.257 e. The van der Waals surface area contributed by atoms with Gasteiger partial charge in [-0.2, -0.15) is 0 Å². The number of carbonyl (C=O) groups is 1. The van der Waals surface area contributed by atoms with Crippen LogP contribution in [0.4, 0.5) is 0 Å². The molecule has 3 rings (SSSR count).